The van der Waals surface area contributed by atoms with Gasteiger partial charge in [-0.2, -0.15) is 0 Å². The normalized spacial score (nSPS) is 8.76. The van der Waals surface area contributed by atoms with Gasteiger partial charge in [-0.15, -0.1) is 0 Å². The number of carboxylic acid groups (broad SMARTS) is 1. The van der Waals surface area contributed by atoms with Gasteiger partial charge in [-0.05, 0) is 18.6 Å². The molecule has 3 N–H and O–H groups in total. The van der Waals surface area contributed by atoms with Crippen LogP contribution in [0.1, 0.15) is 40.5 Å². The quantitative estimate of drug-likeness (QED) is 0.775. The van der Waals surface area contributed by atoms with Crippen LogP contribution in [-0.2, 0) is 4.79 Å². The summed E-state index contributed by atoms with van der Waals surface area (Å²) in [6.07, 6.45) is 2.61. The Morgan fingerprint density at radius 1 is 1.29 bits per heavy atom. The van der Waals surface area contributed by atoms with Crippen molar-refractivity contribution in [2.24, 2.45) is 5.73 Å². The Labute approximate surface area is 99.2 Å². The first-order chi connectivity index (χ1) is 8.04. The Kier molecular flexibility index (Phi) is 7.01. The minimum absolute atomic E-state index is 0.0324. The Morgan fingerprint density at radius 3 is 2.06 bits per heavy atom. The third-order valence-electron chi connectivity index (χ3n) is 1.83. The lowest BCUT2D eigenvalue weighted by molar-refractivity contribution is -0.107. The summed E-state index contributed by atoms with van der Waals surface area (Å²) < 4.78 is 0. The van der Waals surface area contributed by atoms with Crippen LogP contribution in [0.25, 0.3) is 0 Å². The highest BCUT2D eigenvalue weighted by atomic mass is 16.4. The van der Waals surface area contributed by atoms with E-state index in [1.807, 2.05) is 6.92 Å². The van der Waals surface area contributed by atoms with Gasteiger partial charge in [-0.3, -0.25) is 4.79 Å². The number of primary amides is 1. The second-order valence-corrected chi connectivity index (χ2v) is 3.17. The van der Waals surface area contributed by atoms with E-state index in [0.29, 0.717) is 6.42 Å². The number of benzene rings is 1. The van der Waals surface area contributed by atoms with Crippen molar-refractivity contribution in [2.75, 3.05) is 0 Å². The van der Waals surface area contributed by atoms with Crippen molar-refractivity contribution >= 4 is 18.2 Å². The van der Waals surface area contributed by atoms with Gasteiger partial charge in [0.1, 0.15) is 6.29 Å². The van der Waals surface area contributed by atoms with E-state index in [1.165, 1.54) is 18.2 Å². The Balaban J connectivity index is 0.000000437. The van der Waals surface area contributed by atoms with Crippen molar-refractivity contribution < 1.29 is 19.5 Å². The summed E-state index contributed by atoms with van der Waals surface area (Å²) in [4.78, 5) is 30.6. The van der Waals surface area contributed by atoms with Crippen LogP contribution in [0.3, 0.4) is 0 Å². The second-order valence-electron chi connectivity index (χ2n) is 3.17. The molecule has 0 spiro atoms. The fourth-order valence-electron chi connectivity index (χ4n) is 1.00. The van der Waals surface area contributed by atoms with Crippen LogP contribution in [-0.4, -0.2) is 23.3 Å². The maximum absolute atomic E-state index is 10.7. The zero-order valence-corrected chi connectivity index (χ0v) is 9.55. The van der Waals surface area contributed by atoms with Crippen molar-refractivity contribution in [1.82, 2.24) is 0 Å². The molecule has 0 fully saturated rings. The summed E-state index contributed by atoms with van der Waals surface area (Å²) in [6.45, 7) is 1.98. The van der Waals surface area contributed by atoms with Crippen LogP contribution >= 0.6 is 0 Å². The molecule has 0 saturated heterocycles. The van der Waals surface area contributed by atoms with Crippen molar-refractivity contribution in [3.63, 3.8) is 0 Å². The fourth-order valence-corrected chi connectivity index (χ4v) is 1.00. The molecule has 1 amide bonds. The molecule has 17 heavy (non-hydrogen) atoms. The highest BCUT2D eigenvalue weighted by Gasteiger charge is 2.11. The number of aromatic carboxylic acids is 1. The van der Waals surface area contributed by atoms with Gasteiger partial charge in [0.15, 0.2) is 0 Å². The van der Waals surface area contributed by atoms with E-state index in [4.69, 9.17) is 10.8 Å². The third-order valence-corrected chi connectivity index (χ3v) is 1.83. The molecule has 1 aromatic rings. The van der Waals surface area contributed by atoms with Crippen molar-refractivity contribution in [3.05, 3.63) is 35.4 Å². The molecular weight excluding hydrogens is 222 g/mol. The molecule has 0 radical (unpaired) electrons. The zero-order valence-electron chi connectivity index (χ0n) is 9.55. The number of amides is 1. The van der Waals surface area contributed by atoms with Crippen molar-refractivity contribution in [1.29, 1.82) is 0 Å². The predicted octanol–water partition coefficient (Wildman–Crippen LogP) is 1.47. The molecule has 0 unspecified atom stereocenters. The highest BCUT2D eigenvalue weighted by Crippen LogP contribution is 2.06. The van der Waals surface area contributed by atoms with Crippen molar-refractivity contribution in [3.8, 4) is 0 Å². The van der Waals surface area contributed by atoms with Crippen LogP contribution < -0.4 is 5.73 Å². The molecule has 92 valence electrons. The predicted molar refractivity (Wildman–Crippen MR) is 62.9 cm³/mol. The van der Waals surface area contributed by atoms with Gasteiger partial charge in [0.2, 0.25) is 5.91 Å². The lowest BCUT2D eigenvalue weighted by Gasteiger charge is -1.99. The monoisotopic (exact) mass is 237 g/mol. The van der Waals surface area contributed by atoms with E-state index in [9.17, 15) is 14.4 Å². The topological polar surface area (TPSA) is 97.5 Å². The Bertz CT molecular complexity index is 368. The molecule has 0 aliphatic heterocycles. The Morgan fingerprint density at radius 2 is 1.82 bits per heavy atom. The standard InChI is InChI=1S/C8H7NO3.C4H8O/c9-7(10)5-3-1-2-4-6(5)8(11)12;1-2-3-4-5/h1-4H,(H2,9,10)(H,11,12);4H,2-3H2,1H3. The number of hydrogen-bond acceptors (Lipinski definition) is 3. The average molecular weight is 237 g/mol. The number of carboxylic acids is 1. The zero-order chi connectivity index (χ0) is 13.3. The lowest BCUT2D eigenvalue weighted by atomic mass is 10.1. The largest absolute Gasteiger partial charge is 0.478 e. The summed E-state index contributed by atoms with van der Waals surface area (Å²) in [5.41, 5.74) is 4.92. The third kappa shape index (κ3) is 5.46. The minimum atomic E-state index is -1.15. The van der Waals surface area contributed by atoms with E-state index in [0.717, 1.165) is 12.7 Å². The van der Waals surface area contributed by atoms with Crippen LogP contribution in [0.2, 0.25) is 0 Å². The molecule has 0 aliphatic carbocycles. The summed E-state index contributed by atoms with van der Waals surface area (Å²) in [7, 11) is 0. The van der Waals surface area contributed by atoms with Gasteiger partial charge in [0, 0.05) is 6.42 Å². The molecule has 5 nitrogen and oxygen atoms in total. The molecular formula is C12H15NO4. The van der Waals surface area contributed by atoms with Crippen molar-refractivity contribution in [2.45, 2.75) is 19.8 Å². The molecule has 0 bridgehead atoms. The van der Waals surface area contributed by atoms with Crippen LogP contribution in [0, 0.1) is 0 Å². The fraction of sp³-hybridized carbons (Fsp3) is 0.250. The van der Waals surface area contributed by atoms with Crippen LogP contribution in [0.5, 0.6) is 0 Å². The lowest BCUT2D eigenvalue weighted by Crippen LogP contribution is -2.15. The minimum Gasteiger partial charge on any atom is -0.478 e. The van der Waals surface area contributed by atoms with E-state index in [2.05, 4.69) is 0 Å². The average Bonchev–Trinajstić information content (AvgIpc) is 2.30. The maximum atomic E-state index is 10.7. The van der Waals surface area contributed by atoms with Gasteiger partial charge in [-0.1, -0.05) is 19.1 Å². The van der Waals surface area contributed by atoms with Gasteiger partial charge in [0.05, 0.1) is 11.1 Å². The van der Waals surface area contributed by atoms with Gasteiger partial charge in [0.25, 0.3) is 0 Å². The molecule has 0 aliphatic rings. The first-order valence-electron chi connectivity index (χ1n) is 5.10. The molecule has 0 atom stereocenters. The SMILES string of the molecule is CCCC=O.NC(=O)c1ccccc1C(=O)O. The second kappa shape index (κ2) is 8.04. The van der Waals surface area contributed by atoms with Crippen LogP contribution in [0.4, 0.5) is 0 Å². The number of hydrogen-bond donors (Lipinski definition) is 2. The molecule has 0 aromatic heterocycles. The van der Waals surface area contributed by atoms with Gasteiger partial charge >= 0.3 is 5.97 Å². The molecule has 1 rings (SSSR count). The number of rotatable bonds is 4. The number of carbonyl (C=O) groups excluding carboxylic acids is 2. The highest BCUT2D eigenvalue weighted by molar-refractivity contribution is 6.03. The summed E-state index contributed by atoms with van der Waals surface area (Å²) >= 11 is 0. The van der Waals surface area contributed by atoms with E-state index in [1.54, 1.807) is 6.07 Å². The smallest absolute Gasteiger partial charge is 0.336 e. The van der Waals surface area contributed by atoms with Gasteiger partial charge in [-0.25, -0.2) is 4.79 Å². The van der Waals surface area contributed by atoms with E-state index < -0.39 is 11.9 Å². The number of carbonyl (C=O) groups is 3. The molecule has 0 saturated carbocycles. The first kappa shape index (κ1) is 14.8. The maximum Gasteiger partial charge on any atom is 0.336 e. The summed E-state index contributed by atoms with van der Waals surface area (Å²) in [5.74, 6) is -1.88. The molecule has 5 heteroatoms. The molecule has 0 heterocycles. The Hall–Kier alpha value is -2.17. The van der Waals surface area contributed by atoms with E-state index in [-0.39, 0.29) is 11.1 Å². The van der Waals surface area contributed by atoms with Gasteiger partial charge < -0.3 is 15.6 Å². The summed E-state index contributed by atoms with van der Waals surface area (Å²) in [6, 6.07) is 5.82. The molecule has 1 aromatic carbocycles. The number of aldehydes is 1. The first-order valence-corrected chi connectivity index (χ1v) is 5.10. The summed E-state index contributed by atoms with van der Waals surface area (Å²) in [5, 5.41) is 8.61. The van der Waals surface area contributed by atoms with Crippen LogP contribution in [0.15, 0.2) is 24.3 Å². The number of unbranched alkanes of at least 4 members (excludes halogenated alkanes) is 1. The number of nitrogens with two attached hydrogens (primary N) is 1. The van der Waals surface area contributed by atoms with E-state index >= 15 is 0 Å².